The van der Waals surface area contributed by atoms with E-state index in [0.717, 1.165) is 0 Å². The molecule has 4 heterocycles. The summed E-state index contributed by atoms with van der Waals surface area (Å²) < 4.78 is 13.6. The molecule has 0 unspecified atom stereocenters. The van der Waals surface area contributed by atoms with E-state index in [4.69, 9.17) is 9.15 Å². The second kappa shape index (κ2) is 8.77. The zero-order chi connectivity index (χ0) is 21.8. The molecule has 0 saturated heterocycles. The summed E-state index contributed by atoms with van der Waals surface area (Å²) in [5.41, 5.74) is 0.711. The molecule has 4 aromatic rings. The fourth-order valence-electron chi connectivity index (χ4n) is 3.31. The first-order valence-electron chi connectivity index (χ1n) is 9.79. The van der Waals surface area contributed by atoms with E-state index in [1.54, 1.807) is 35.0 Å². The van der Waals surface area contributed by atoms with Crippen LogP contribution in [0.5, 0.6) is 0 Å². The molecule has 0 N–H and O–H groups in total. The van der Waals surface area contributed by atoms with Crippen LogP contribution >= 0.6 is 0 Å². The number of aromatic nitrogens is 3. The predicted molar refractivity (Wildman–Crippen MR) is 111 cm³/mol. The second-order valence-corrected chi connectivity index (χ2v) is 6.67. The van der Waals surface area contributed by atoms with E-state index in [-0.39, 0.29) is 27.8 Å². The van der Waals surface area contributed by atoms with Crippen LogP contribution < -0.4 is 11.0 Å². The molecule has 1 amide bonds. The zero-order valence-electron chi connectivity index (χ0n) is 16.8. The van der Waals surface area contributed by atoms with E-state index >= 15 is 0 Å². The van der Waals surface area contributed by atoms with E-state index in [1.807, 2.05) is 6.92 Å². The molecule has 0 bridgehead atoms. The molecule has 0 radical (unpaired) electrons. The standard InChI is InChI=1S/C22H19N5O4/c1-2-30-11-6-10-27-19(25-21(28)17-7-5-12-31-17)15(14-23)13-16-20(27)24-18-8-3-4-9-26(18)22(16)29/h3-5,7-9,12-13H,2,6,10-11H2,1H3. The van der Waals surface area contributed by atoms with Crippen LogP contribution in [-0.4, -0.2) is 33.1 Å². The molecule has 4 rings (SSSR count). The highest BCUT2D eigenvalue weighted by Crippen LogP contribution is 2.11. The summed E-state index contributed by atoms with van der Waals surface area (Å²) in [4.78, 5) is 34.4. The number of ether oxygens (including phenoxy) is 1. The third-order valence-electron chi connectivity index (χ3n) is 4.72. The van der Waals surface area contributed by atoms with Crippen LogP contribution in [0.3, 0.4) is 0 Å². The zero-order valence-corrected chi connectivity index (χ0v) is 16.8. The Morgan fingerprint density at radius 2 is 2.19 bits per heavy atom. The van der Waals surface area contributed by atoms with E-state index in [0.29, 0.717) is 37.5 Å². The van der Waals surface area contributed by atoms with Gasteiger partial charge in [-0.2, -0.15) is 10.3 Å². The van der Waals surface area contributed by atoms with Gasteiger partial charge in [-0.1, -0.05) is 6.07 Å². The molecular weight excluding hydrogens is 398 g/mol. The Bertz CT molecular complexity index is 1420. The van der Waals surface area contributed by atoms with Gasteiger partial charge in [-0.05, 0) is 43.7 Å². The lowest BCUT2D eigenvalue weighted by atomic mass is 10.2. The van der Waals surface area contributed by atoms with Gasteiger partial charge in [0.15, 0.2) is 11.2 Å². The monoisotopic (exact) mass is 417 g/mol. The average Bonchev–Trinajstić information content (AvgIpc) is 3.33. The number of hydrogen-bond acceptors (Lipinski definition) is 6. The minimum Gasteiger partial charge on any atom is -0.459 e. The van der Waals surface area contributed by atoms with Gasteiger partial charge in [-0.15, -0.1) is 0 Å². The maximum atomic E-state index is 13.1. The van der Waals surface area contributed by atoms with Gasteiger partial charge in [-0.3, -0.25) is 14.0 Å². The van der Waals surface area contributed by atoms with Crippen LogP contribution in [0.4, 0.5) is 0 Å². The first kappa shape index (κ1) is 20.3. The average molecular weight is 417 g/mol. The summed E-state index contributed by atoms with van der Waals surface area (Å²) in [7, 11) is 0. The van der Waals surface area contributed by atoms with Crippen LogP contribution in [0.2, 0.25) is 0 Å². The molecule has 0 aliphatic heterocycles. The van der Waals surface area contributed by atoms with Crippen LogP contribution in [0.25, 0.3) is 16.7 Å². The van der Waals surface area contributed by atoms with Crippen molar-refractivity contribution >= 4 is 22.6 Å². The summed E-state index contributed by atoms with van der Waals surface area (Å²) in [6.45, 7) is 3.30. The van der Waals surface area contributed by atoms with Crippen molar-refractivity contribution < 1.29 is 13.9 Å². The van der Waals surface area contributed by atoms with Gasteiger partial charge in [0, 0.05) is 26.0 Å². The van der Waals surface area contributed by atoms with Crippen molar-refractivity contribution in [1.29, 1.82) is 5.26 Å². The van der Waals surface area contributed by atoms with Gasteiger partial charge < -0.3 is 13.7 Å². The molecule has 9 heteroatoms. The summed E-state index contributed by atoms with van der Waals surface area (Å²) in [6.07, 6.45) is 3.57. The normalized spacial score (nSPS) is 11.8. The van der Waals surface area contributed by atoms with Crippen molar-refractivity contribution in [2.24, 2.45) is 4.99 Å². The topological polar surface area (TPSA) is 115 Å². The van der Waals surface area contributed by atoms with Gasteiger partial charge in [0.2, 0.25) is 0 Å². The van der Waals surface area contributed by atoms with Crippen molar-refractivity contribution in [2.45, 2.75) is 19.9 Å². The van der Waals surface area contributed by atoms with Gasteiger partial charge in [0.1, 0.15) is 17.4 Å². The number of hydrogen-bond donors (Lipinski definition) is 0. The van der Waals surface area contributed by atoms with E-state index < -0.39 is 5.91 Å². The fraction of sp³-hybridized carbons (Fsp3) is 0.227. The first-order valence-corrected chi connectivity index (χ1v) is 9.79. The Hall–Kier alpha value is -4.03. The molecule has 0 aliphatic rings. The van der Waals surface area contributed by atoms with E-state index in [1.165, 1.54) is 22.8 Å². The Morgan fingerprint density at radius 3 is 2.94 bits per heavy atom. The van der Waals surface area contributed by atoms with Gasteiger partial charge in [0.05, 0.1) is 17.2 Å². The summed E-state index contributed by atoms with van der Waals surface area (Å²) in [5.74, 6) is -0.576. The molecule has 0 aromatic carbocycles. The number of pyridine rings is 2. The smallest absolute Gasteiger partial charge is 0.314 e. The summed E-state index contributed by atoms with van der Waals surface area (Å²) >= 11 is 0. The molecule has 31 heavy (non-hydrogen) atoms. The number of carbonyl (C=O) groups is 1. The van der Waals surface area contributed by atoms with Crippen molar-refractivity contribution in [3.05, 3.63) is 76.0 Å². The molecule has 0 fully saturated rings. The molecule has 0 saturated carbocycles. The lowest BCUT2D eigenvalue weighted by molar-refractivity contribution is 0.0970. The Balaban J connectivity index is 2.02. The largest absolute Gasteiger partial charge is 0.459 e. The van der Waals surface area contributed by atoms with Gasteiger partial charge >= 0.3 is 5.91 Å². The number of fused-ring (bicyclic) bond motifs is 2. The van der Waals surface area contributed by atoms with Crippen LogP contribution in [0, 0.1) is 11.3 Å². The number of aryl methyl sites for hydroxylation is 1. The number of rotatable bonds is 6. The minimum absolute atomic E-state index is 0.0522. The second-order valence-electron chi connectivity index (χ2n) is 6.67. The quantitative estimate of drug-likeness (QED) is 0.351. The SMILES string of the molecule is CCOCCCn1c(=NC(=O)c2ccco2)c(C#N)cc2c(=O)n3ccccc3nc21. The molecular formula is C22H19N5O4. The third kappa shape index (κ3) is 3.89. The van der Waals surface area contributed by atoms with Crippen molar-refractivity contribution in [3.8, 4) is 6.07 Å². The number of amides is 1. The Kier molecular flexibility index (Phi) is 5.73. The maximum absolute atomic E-state index is 13.1. The molecule has 0 spiro atoms. The molecule has 0 atom stereocenters. The van der Waals surface area contributed by atoms with Gasteiger partial charge in [-0.25, -0.2) is 4.98 Å². The minimum atomic E-state index is -0.628. The first-order chi connectivity index (χ1) is 15.1. The van der Waals surface area contributed by atoms with Crippen LogP contribution in [0.1, 0.15) is 29.5 Å². The van der Waals surface area contributed by atoms with Crippen molar-refractivity contribution in [1.82, 2.24) is 14.0 Å². The lowest BCUT2D eigenvalue weighted by Gasteiger charge is -2.13. The highest BCUT2D eigenvalue weighted by Gasteiger charge is 2.16. The predicted octanol–water partition coefficient (Wildman–Crippen LogP) is 2.28. The Morgan fingerprint density at radius 1 is 1.32 bits per heavy atom. The molecule has 4 aromatic heterocycles. The molecule has 0 aliphatic carbocycles. The van der Waals surface area contributed by atoms with Gasteiger partial charge in [0.25, 0.3) is 5.56 Å². The fourth-order valence-corrected chi connectivity index (χ4v) is 3.31. The van der Waals surface area contributed by atoms with Crippen molar-refractivity contribution in [3.63, 3.8) is 0 Å². The van der Waals surface area contributed by atoms with E-state index in [2.05, 4.69) is 16.0 Å². The number of nitriles is 1. The molecule has 156 valence electrons. The van der Waals surface area contributed by atoms with Crippen LogP contribution in [-0.2, 0) is 11.3 Å². The third-order valence-corrected chi connectivity index (χ3v) is 4.72. The number of nitrogens with zero attached hydrogens (tertiary/aromatic N) is 5. The van der Waals surface area contributed by atoms with Crippen molar-refractivity contribution in [2.75, 3.05) is 13.2 Å². The molecule has 9 nitrogen and oxygen atoms in total. The summed E-state index contributed by atoms with van der Waals surface area (Å²) in [5, 5.41) is 10.0. The maximum Gasteiger partial charge on any atom is 0.314 e. The highest BCUT2D eigenvalue weighted by atomic mass is 16.5. The Labute approximate surface area is 176 Å². The van der Waals surface area contributed by atoms with Crippen LogP contribution in [0.15, 0.2) is 63.1 Å². The number of furan rings is 1. The lowest BCUT2D eigenvalue weighted by Crippen LogP contribution is -2.30. The van der Waals surface area contributed by atoms with E-state index in [9.17, 15) is 14.9 Å². The number of carbonyl (C=O) groups excluding carboxylic acids is 1. The highest BCUT2D eigenvalue weighted by molar-refractivity contribution is 5.92. The summed E-state index contributed by atoms with van der Waals surface area (Å²) in [6, 6.07) is 11.8.